The van der Waals surface area contributed by atoms with Crippen LogP contribution in [0.5, 0.6) is 11.5 Å². The second kappa shape index (κ2) is 25.9. The molecule has 0 aromatic heterocycles. The Hall–Kier alpha value is -7.30. The number of fused-ring (bicyclic) bond motifs is 2. The fourth-order valence-electron chi connectivity index (χ4n) is 6.17. The van der Waals surface area contributed by atoms with E-state index >= 15 is 0 Å². The first kappa shape index (κ1) is 51.3. The molecule has 16 heteroatoms. The number of amides is 4. The van der Waals surface area contributed by atoms with Crippen LogP contribution in [0.2, 0.25) is 0 Å². The third-order valence-corrected chi connectivity index (χ3v) is 9.59. The summed E-state index contributed by atoms with van der Waals surface area (Å²) >= 11 is 0. The Balaban J connectivity index is 0.000000269. The quantitative estimate of drug-likeness (QED) is 0.0325. The SMILES string of the molecule is C=C(C)C(=O)c1ccc(OCCOC(=O)CN2C(=O)c3ccccc3C2=O)cc1.CCCO.CCCOCC(C)C(=O)c1ccc(OCCOC(=O)CN2C(=O)c3ccccc3C2=O)cc1. The number of esters is 2. The van der Waals surface area contributed by atoms with Crippen molar-refractivity contribution in [1.29, 1.82) is 0 Å². The van der Waals surface area contributed by atoms with Gasteiger partial charge in [-0.15, -0.1) is 0 Å². The molecule has 0 fully saturated rings. The van der Waals surface area contributed by atoms with Crippen LogP contribution in [0.15, 0.2) is 109 Å². The van der Waals surface area contributed by atoms with E-state index in [4.69, 9.17) is 28.8 Å². The predicted octanol–water partition coefficient (Wildman–Crippen LogP) is 6.20. The largest absolute Gasteiger partial charge is 0.490 e. The van der Waals surface area contributed by atoms with E-state index < -0.39 is 48.7 Å². The highest BCUT2D eigenvalue weighted by Gasteiger charge is 2.37. The normalized spacial score (nSPS) is 12.7. The maximum atomic E-state index is 12.4. The number of aliphatic hydroxyl groups excluding tert-OH is 1. The second-order valence-electron chi connectivity index (χ2n) is 14.8. The fourth-order valence-corrected chi connectivity index (χ4v) is 6.17. The predicted molar refractivity (Wildman–Crippen MR) is 241 cm³/mol. The minimum absolute atomic E-state index is 0.000240. The molecule has 1 N–H and O–H groups in total. The van der Waals surface area contributed by atoms with Gasteiger partial charge in [-0.2, -0.15) is 0 Å². The molecule has 2 aliphatic rings. The Bertz CT molecular complexity index is 2300. The average Bonchev–Trinajstić information content (AvgIpc) is 3.71. The third kappa shape index (κ3) is 14.4. The third-order valence-electron chi connectivity index (χ3n) is 9.59. The van der Waals surface area contributed by atoms with Crippen molar-refractivity contribution in [3.8, 4) is 11.5 Å². The molecule has 4 amide bonds. The summed E-state index contributed by atoms with van der Waals surface area (Å²) in [6, 6.07) is 26.1. The number of imide groups is 2. The molecular formula is C50H54N2O14. The number of hydrogen-bond acceptors (Lipinski definition) is 14. The number of ketones is 2. The zero-order valence-electron chi connectivity index (χ0n) is 37.4. The molecule has 348 valence electrons. The number of allylic oxidation sites excluding steroid dienone is 1. The zero-order valence-corrected chi connectivity index (χ0v) is 37.4. The van der Waals surface area contributed by atoms with Crippen molar-refractivity contribution in [3.05, 3.63) is 143 Å². The van der Waals surface area contributed by atoms with Crippen molar-refractivity contribution < 1.29 is 67.1 Å². The smallest absolute Gasteiger partial charge is 0.326 e. The van der Waals surface area contributed by atoms with Crippen LogP contribution in [0, 0.1) is 5.92 Å². The maximum Gasteiger partial charge on any atom is 0.326 e. The van der Waals surface area contributed by atoms with Crippen molar-refractivity contribution in [2.45, 2.75) is 40.5 Å². The van der Waals surface area contributed by atoms with E-state index in [2.05, 4.69) is 6.58 Å². The van der Waals surface area contributed by atoms with Gasteiger partial charge in [-0.3, -0.25) is 48.2 Å². The Labute approximate surface area is 383 Å². The summed E-state index contributed by atoms with van der Waals surface area (Å²) in [7, 11) is 0. The highest BCUT2D eigenvalue weighted by molar-refractivity contribution is 6.23. The van der Waals surface area contributed by atoms with Gasteiger partial charge in [0.25, 0.3) is 23.6 Å². The molecule has 0 spiro atoms. The number of carbonyl (C=O) groups excluding carboxylic acids is 8. The summed E-state index contributed by atoms with van der Waals surface area (Å²) in [4.78, 5) is 99.0. The summed E-state index contributed by atoms with van der Waals surface area (Å²) in [6.45, 7) is 11.5. The molecule has 6 rings (SSSR count). The van der Waals surface area contributed by atoms with Crippen LogP contribution in [0.4, 0.5) is 0 Å². The lowest BCUT2D eigenvalue weighted by molar-refractivity contribution is -0.145. The molecule has 0 saturated carbocycles. The molecule has 0 radical (unpaired) electrons. The van der Waals surface area contributed by atoms with Crippen molar-refractivity contribution in [3.63, 3.8) is 0 Å². The van der Waals surface area contributed by atoms with E-state index in [1.165, 1.54) is 0 Å². The van der Waals surface area contributed by atoms with Crippen LogP contribution in [0.3, 0.4) is 0 Å². The summed E-state index contributed by atoms with van der Waals surface area (Å²) < 4.78 is 26.5. The van der Waals surface area contributed by atoms with Crippen LogP contribution in [-0.4, -0.2) is 121 Å². The zero-order chi connectivity index (χ0) is 48.2. The number of rotatable bonds is 21. The number of carbonyl (C=O) groups is 8. The molecule has 0 bridgehead atoms. The van der Waals surface area contributed by atoms with Crippen molar-refractivity contribution >= 4 is 47.1 Å². The number of benzene rings is 4. The van der Waals surface area contributed by atoms with Crippen molar-refractivity contribution in [1.82, 2.24) is 9.80 Å². The van der Waals surface area contributed by atoms with E-state index in [-0.39, 0.29) is 66.2 Å². The number of nitrogens with zero attached hydrogens (tertiary/aromatic N) is 2. The van der Waals surface area contributed by atoms with Gasteiger partial charge in [-0.25, -0.2) is 0 Å². The van der Waals surface area contributed by atoms with Gasteiger partial charge in [0.15, 0.2) is 11.6 Å². The van der Waals surface area contributed by atoms with Gasteiger partial charge in [0.05, 0.1) is 28.9 Å². The first-order valence-electron chi connectivity index (χ1n) is 21.3. The van der Waals surface area contributed by atoms with E-state index in [0.29, 0.717) is 48.0 Å². The average molecular weight is 907 g/mol. The lowest BCUT2D eigenvalue weighted by Gasteiger charge is -2.13. The van der Waals surface area contributed by atoms with Gasteiger partial charge in [0, 0.05) is 30.3 Å². The van der Waals surface area contributed by atoms with Gasteiger partial charge in [-0.1, -0.05) is 51.6 Å². The number of ether oxygens (including phenoxy) is 5. The van der Waals surface area contributed by atoms with Crippen LogP contribution < -0.4 is 9.47 Å². The number of hydrogen-bond donors (Lipinski definition) is 1. The number of Topliss-reactive ketones (excluding diaryl/α,β-unsaturated/α-hetero) is 2. The Morgan fingerprint density at radius 2 is 0.955 bits per heavy atom. The van der Waals surface area contributed by atoms with Gasteiger partial charge >= 0.3 is 11.9 Å². The Morgan fingerprint density at radius 3 is 1.30 bits per heavy atom. The summed E-state index contributed by atoms with van der Waals surface area (Å²) in [5, 5.41) is 7.88. The lowest BCUT2D eigenvalue weighted by Crippen LogP contribution is -2.36. The van der Waals surface area contributed by atoms with Crippen LogP contribution in [0.1, 0.15) is 103 Å². The van der Waals surface area contributed by atoms with E-state index in [1.807, 2.05) is 20.8 Å². The molecule has 16 nitrogen and oxygen atoms in total. The molecular weight excluding hydrogens is 853 g/mol. The summed E-state index contributed by atoms with van der Waals surface area (Å²) in [6.07, 6.45) is 1.78. The minimum Gasteiger partial charge on any atom is -0.490 e. The monoisotopic (exact) mass is 906 g/mol. The van der Waals surface area contributed by atoms with E-state index in [9.17, 15) is 38.4 Å². The van der Waals surface area contributed by atoms with Crippen molar-refractivity contribution in [2.75, 3.05) is 59.3 Å². The molecule has 1 atom stereocenters. The molecule has 4 aromatic rings. The molecule has 4 aromatic carbocycles. The molecule has 1 unspecified atom stereocenters. The van der Waals surface area contributed by atoms with Gasteiger partial charge < -0.3 is 28.8 Å². The molecule has 0 saturated heterocycles. The number of aliphatic hydroxyl groups is 1. The van der Waals surface area contributed by atoms with E-state index in [0.717, 1.165) is 22.6 Å². The van der Waals surface area contributed by atoms with Crippen LogP contribution >= 0.6 is 0 Å². The summed E-state index contributed by atoms with van der Waals surface area (Å²) in [5.74, 6) is -2.78. The highest BCUT2D eigenvalue weighted by atomic mass is 16.6. The van der Waals surface area contributed by atoms with Crippen molar-refractivity contribution in [2.24, 2.45) is 5.92 Å². The maximum absolute atomic E-state index is 12.4. The van der Waals surface area contributed by atoms with Gasteiger partial charge in [0.2, 0.25) is 0 Å². The standard InChI is InChI=1S/C25H27NO7.C22H19NO6.C3H8O/c1-3-12-31-16-17(2)23(28)18-8-10-19(11-9-18)32-13-14-33-22(27)15-26-24(29)20-6-4-5-7-21(20)25(26)30;1-14(2)20(25)15-7-9-16(10-8-15)28-11-12-29-19(24)13-23-21(26)17-5-3-4-6-18(17)22(23)27;1-2-3-4/h4-11,17H,3,12-16H2,1-2H3;3-10H,1,11-13H2,2H3;4H,2-3H2,1H3. The Kier molecular flexibility index (Phi) is 20.1. The minimum atomic E-state index is -0.703. The van der Waals surface area contributed by atoms with Gasteiger partial charge in [0.1, 0.15) is 51.0 Å². The summed E-state index contributed by atoms with van der Waals surface area (Å²) in [5.41, 5.74) is 2.65. The molecule has 2 heterocycles. The first-order valence-corrected chi connectivity index (χ1v) is 21.3. The first-order chi connectivity index (χ1) is 31.7. The molecule has 2 aliphatic heterocycles. The van der Waals surface area contributed by atoms with Crippen LogP contribution in [0.25, 0.3) is 0 Å². The van der Waals surface area contributed by atoms with Gasteiger partial charge in [-0.05, 0) is 98.1 Å². The van der Waals surface area contributed by atoms with Crippen LogP contribution in [-0.2, 0) is 23.8 Å². The highest BCUT2D eigenvalue weighted by Crippen LogP contribution is 2.24. The fraction of sp³-hybridized carbons (Fsp3) is 0.320. The lowest BCUT2D eigenvalue weighted by atomic mass is 10.0. The second-order valence-corrected chi connectivity index (χ2v) is 14.8. The molecule has 0 aliphatic carbocycles. The molecule has 66 heavy (non-hydrogen) atoms. The topological polar surface area (TPSA) is 209 Å². The van der Waals surface area contributed by atoms with E-state index in [1.54, 1.807) is 104 Å². The Morgan fingerprint density at radius 1 is 0.576 bits per heavy atom.